The van der Waals surface area contributed by atoms with E-state index in [9.17, 15) is 14.4 Å². The summed E-state index contributed by atoms with van der Waals surface area (Å²) in [4.78, 5) is 38.5. The van der Waals surface area contributed by atoms with E-state index in [1.807, 2.05) is 0 Å². The molecule has 0 amide bonds. The maximum Gasteiger partial charge on any atom is 0.306 e. The molecule has 0 radical (unpaired) electrons. The summed E-state index contributed by atoms with van der Waals surface area (Å²) in [6.07, 6.45) is 82.4. The van der Waals surface area contributed by atoms with Gasteiger partial charge in [0.05, 0.1) is 0 Å². The number of allylic oxidation sites excluding steroid dienone is 2. The second kappa shape index (κ2) is 68.6. The highest BCUT2D eigenvalue weighted by Gasteiger charge is 2.20. The van der Waals surface area contributed by atoms with Crippen molar-refractivity contribution in [1.82, 2.24) is 0 Å². The fourth-order valence-corrected chi connectivity index (χ4v) is 11.3. The molecule has 1 unspecified atom stereocenters. The van der Waals surface area contributed by atoms with Crippen molar-refractivity contribution < 1.29 is 28.6 Å². The van der Waals surface area contributed by atoms with Crippen LogP contribution in [0, 0.1) is 0 Å². The van der Waals surface area contributed by atoms with Crippen LogP contribution in [0.5, 0.6) is 0 Å². The van der Waals surface area contributed by atoms with E-state index in [0.29, 0.717) is 19.3 Å². The average Bonchev–Trinajstić information content (AvgIpc) is 3.45. The molecule has 0 aromatic heterocycles. The Morgan fingerprint density at radius 2 is 0.418 bits per heavy atom. The maximum absolute atomic E-state index is 13.0. The normalized spacial score (nSPS) is 12.0. The van der Waals surface area contributed by atoms with Gasteiger partial charge in [0.15, 0.2) is 6.10 Å². The van der Waals surface area contributed by atoms with Crippen LogP contribution in [0.3, 0.4) is 0 Å². The number of rotatable bonds is 68. The van der Waals surface area contributed by atoms with E-state index in [0.717, 1.165) is 57.8 Å². The van der Waals surface area contributed by atoms with Gasteiger partial charge < -0.3 is 14.2 Å². The van der Waals surface area contributed by atoms with Crippen molar-refractivity contribution in [3.05, 3.63) is 12.2 Å². The number of ether oxygens (including phenoxy) is 3. The van der Waals surface area contributed by atoms with Crippen molar-refractivity contribution in [2.24, 2.45) is 0 Å². The van der Waals surface area contributed by atoms with Crippen molar-refractivity contribution >= 4 is 17.9 Å². The summed E-state index contributed by atoms with van der Waals surface area (Å²) in [5.41, 5.74) is 0. The van der Waals surface area contributed by atoms with Gasteiger partial charge in [-0.15, -0.1) is 0 Å². The summed E-state index contributed by atoms with van der Waals surface area (Å²) in [5, 5.41) is 0. The first kappa shape index (κ1) is 77.2. The molecule has 0 aliphatic heterocycles. The van der Waals surface area contributed by atoms with E-state index in [1.54, 1.807) is 0 Å². The van der Waals surface area contributed by atoms with Gasteiger partial charge in [0.2, 0.25) is 0 Å². The average molecular weight is 1110 g/mol. The first-order valence-electron chi connectivity index (χ1n) is 36.2. The molecule has 0 heterocycles. The van der Waals surface area contributed by atoms with Crippen LogP contribution in [0.1, 0.15) is 419 Å². The van der Waals surface area contributed by atoms with Crippen LogP contribution < -0.4 is 0 Å². The Hall–Kier alpha value is -1.85. The molecule has 0 saturated carbocycles. The van der Waals surface area contributed by atoms with Gasteiger partial charge in [-0.05, 0) is 44.9 Å². The highest BCUT2D eigenvalue weighted by atomic mass is 16.6. The highest BCUT2D eigenvalue weighted by Crippen LogP contribution is 2.19. The van der Waals surface area contributed by atoms with E-state index in [1.165, 1.54) is 321 Å². The maximum atomic E-state index is 13.0. The lowest BCUT2D eigenvalue weighted by molar-refractivity contribution is -0.167. The Morgan fingerprint density at radius 1 is 0.241 bits per heavy atom. The molecule has 0 aromatic rings. The van der Waals surface area contributed by atoms with Crippen molar-refractivity contribution in [2.45, 2.75) is 425 Å². The topological polar surface area (TPSA) is 78.9 Å². The summed E-state index contributed by atoms with van der Waals surface area (Å²) in [6.45, 7) is 6.74. The van der Waals surface area contributed by atoms with Crippen LogP contribution >= 0.6 is 0 Å². The summed E-state index contributed by atoms with van der Waals surface area (Å²) < 4.78 is 17.0. The number of hydrogen-bond donors (Lipinski definition) is 0. The molecule has 79 heavy (non-hydrogen) atoms. The zero-order valence-corrected chi connectivity index (χ0v) is 53.9. The van der Waals surface area contributed by atoms with E-state index in [-0.39, 0.29) is 31.1 Å². The van der Waals surface area contributed by atoms with Crippen LogP contribution in [0.4, 0.5) is 0 Å². The first-order valence-corrected chi connectivity index (χ1v) is 36.2. The van der Waals surface area contributed by atoms with Gasteiger partial charge in [-0.25, -0.2) is 0 Å². The molecule has 0 bridgehead atoms. The molecular weight excluding hydrogens is 973 g/mol. The third-order valence-electron chi connectivity index (χ3n) is 16.8. The van der Waals surface area contributed by atoms with Crippen LogP contribution in [-0.4, -0.2) is 37.2 Å². The number of unbranched alkanes of at least 4 members (excludes halogenated alkanes) is 55. The smallest absolute Gasteiger partial charge is 0.306 e. The van der Waals surface area contributed by atoms with Crippen molar-refractivity contribution in [3.63, 3.8) is 0 Å². The molecule has 0 aliphatic carbocycles. The number of esters is 3. The molecule has 6 nitrogen and oxygen atoms in total. The van der Waals surface area contributed by atoms with Crippen LogP contribution in [0.25, 0.3) is 0 Å². The van der Waals surface area contributed by atoms with Crippen molar-refractivity contribution in [2.75, 3.05) is 13.2 Å². The summed E-state index contributed by atoms with van der Waals surface area (Å²) in [6, 6.07) is 0. The fourth-order valence-electron chi connectivity index (χ4n) is 11.3. The van der Waals surface area contributed by atoms with Crippen LogP contribution in [0.2, 0.25) is 0 Å². The third kappa shape index (κ3) is 66.8. The fraction of sp³-hybridized carbons (Fsp3) is 0.932. The van der Waals surface area contributed by atoms with Gasteiger partial charge in [-0.2, -0.15) is 0 Å². The molecule has 0 saturated heterocycles. The number of carbonyl (C=O) groups excluding carboxylic acids is 3. The SMILES string of the molecule is CCCCCCCC/C=C\CCCCCCCCCCCCCC(=O)OC(COC(=O)CCCCCCCCCCCCCCCCCCCCC)COC(=O)CCCCCCCCCCCCCCCCCCCCCCC. The van der Waals surface area contributed by atoms with Crippen LogP contribution in [-0.2, 0) is 28.6 Å². The number of carbonyl (C=O) groups is 3. The molecule has 0 N–H and O–H groups in total. The summed E-state index contributed by atoms with van der Waals surface area (Å²) in [7, 11) is 0. The molecule has 0 aliphatic rings. The third-order valence-corrected chi connectivity index (χ3v) is 16.8. The molecule has 468 valence electrons. The molecule has 0 fully saturated rings. The molecular formula is C73H140O6. The largest absolute Gasteiger partial charge is 0.462 e. The van der Waals surface area contributed by atoms with E-state index >= 15 is 0 Å². The predicted molar refractivity (Wildman–Crippen MR) is 344 cm³/mol. The Bertz CT molecular complexity index is 1230. The lowest BCUT2D eigenvalue weighted by Crippen LogP contribution is -2.30. The van der Waals surface area contributed by atoms with Gasteiger partial charge in [0.25, 0.3) is 0 Å². The second-order valence-corrected chi connectivity index (χ2v) is 24.9. The lowest BCUT2D eigenvalue weighted by atomic mass is 10.0. The summed E-state index contributed by atoms with van der Waals surface area (Å²) >= 11 is 0. The van der Waals surface area contributed by atoms with Crippen molar-refractivity contribution in [1.29, 1.82) is 0 Å². The van der Waals surface area contributed by atoms with Gasteiger partial charge in [-0.3, -0.25) is 14.4 Å². The Balaban J connectivity index is 4.28. The quantitative estimate of drug-likeness (QED) is 0.0261. The number of hydrogen-bond acceptors (Lipinski definition) is 6. The van der Waals surface area contributed by atoms with Crippen molar-refractivity contribution in [3.8, 4) is 0 Å². The highest BCUT2D eigenvalue weighted by molar-refractivity contribution is 5.71. The van der Waals surface area contributed by atoms with Gasteiger partial charge in [-0.1, -0.05) is 367 Å². The van der Waals surface area contributed by atoms with E-state index in [2.05, 4.69) is 32.9 Å². The lowest BCUT2D eigenvalue weighted by Gasteiger charge is -2.18. The standard InChI is InChI=1S/C73H140O6/c1-4-7-10-13-16-19-22-25-28-31-34-36-39-42-45-48-51-54-57-60-63-66-72(75)78-69-70(68-77-71(74)65-62-59-56-53-50-47-44-41-38-33-30-27-24-21-18-15-12-9-6-3)79-73(76)67-64-61-58-55-52-49-46-43-40-37-35-32-29-26-23-20-17-14-11-8-5-2/h26,29,70H,4-25,27-28,30-69H2,1-3H3/b29-26-. The minimum absolute atomic E-state index is 0.0628. The summed E-state index contributed by atoms with van der Waals surface area (Å²) in [5.74, 6) is -0.824. The zero-order valence-electron chi connectivity index (χ0n) is 53.9. The minimum atomic E-state index is -0.767. The second-order valence-electron chi connectivity index (χ2n) is 24.9. The van der Waals surface area contributed by atoms with Gasteiger partial charge in [0, 0.05) is 19.3 Å². The Morgan fingerprint density at radius 3 is 0.633 bits per heavy atom. The zero-order chi connectivity index (χ0) is 57.1. The molecule has 6 heteroatoms. The minimum Gasteiger partial charge on any atom is -0.462 e. The Kier molecular flexibility index (Phi) is 67.0. The predicted octanol–water partition coefficient (Wildman–Crippen LogP) is 24.8. The van der Waals surface area contributed by atoms with Gasteiger partial charge in [0.1, 0.15) is 13.2 Å². The van der Waals surface area contributed by atoms with Crippen LogP contribution in [0.15, 0.2) is 12.2 Å². The van der Waals surface area contributed by atoms with E-state index in [4.69, 9.17) is 14.2 Å². The van der Waals surface area contributed by atoms with E-state index < -0.39 is 6.10 Å². The molecule has 1 atom stereocenters. The monoisotopic (exact) mass is 1110 g/mol. The molecule has 0 aromatic carbocycles. The molecule has 0 spiro atoms. The Labute approximate surface area is 494 Å². The van der Waals surface area contributed by atoms with Gasteiger partial charge >= 0.3 is 17.9 Å². The molecule has 0 rings (SSSR count). The first-order chi connectivity index (χ1) is 39.0.